The van der Waals surface area contributed by atoms with Crippen molar-refractivity contribution in [2.75, 3.05) is 25.1 Å². The Morgan fingerprint density at radius 3 is 2.70 bits per heavy atom. The van der Waals surface area contributed by atoms with Gasteiger partial charge in [0.1, 0.15) is 23.7 Å². The number of benzene rings is 1. The van der Waals surface area contributed by atoms with Gasteiger partial charge in [-0.3, -0.25) is 9.59 Å². The zero-order valence-corrected chi connectivity index (χ0v) is 18.8. The van der Waals surface area contributed by atoms with Crippen molar-refractivity contribution in [3.8, 4) is 5.75 Å². The summed E-state index contributed by atoms with van der Waals surface area (Å²) in [5.41, 5.74) is 2.22. The molecule has 0 atom stereocenters. The number of nitrogens with one attached hydrogen (secondary N) is 1. The van der Waals surface area contributed by atoms with E-state index in [0.717, 1.165) is 34.1 Å². The van der Waals surface area contributed by atoms with E-state index in [9.17, 15) is 4.79 Å². The van der Waals surface area contributed by atoms with Gasteiger partial charge in [-0.05, 0) is 44.0 Å². The van der Waals surface area contributed by atoms with Crippen LogP contribution in [0.25, 0.3) is 0 Å². The zero-order chi connectivity index (χ0) is 23.8. The molecule has 3 heterocycles. The summed E-state index contributed by atoms with van der Waals surface area (Å²) in [4.78, 5) is 32.1. The quantitative estimate of drug-likeness (QED) is 0.517. The summed E-state index contributed by atoms with van der Waals surface area (Å²) in [5, 5.41) is 14.0. The van der Waals surface area contributed by atoms with E-state index >= 15 is 0 Å². The SMILES string of the molecule is COc1cccc(CC2(C(=O)NCc3c(C)noc3C)CN(c3ccncn3)C2)c1.O=CO. The Morgan fingerprint density at radius 1 is 1.33 bits per heavy atom. The van der Waals surface area contributed by atoms with Gasteiger partial charge in [0.05, 0.1) is 18.2 Å². The highest BCUT2D eigenvalue weighted by Crippen LogP contribution is 2.37. The highest BCUT2D eigenvalue weighted by Gasteiger charge is 2.49. The Balaban J connectivity index is 0.000000968. The van der Waals surface area contributed by atoms with Crippen LogP contribution in [0, 0.1) is 19.3 Å². The summed E-state index contributed by atoms with van der Waals surface area (Å²) in [6.07, 6.45) is 3.84. The molecule has 33 heavy (non-hydrogen) atoms. The van der Waals surface area contributed by atoms with Gasteiger partial charge in [-0.25, -0.2) is 9.97 Å². The molecule has 0 bridgehead atoms. The second-order valence-electron chi connectivity index (χ2n) is 7.82. The number of aromatic nitrogens is 3. The van der Waals surface area contributed by atoms with Gasteiger partial charge in [0, 0.05) is 31.4 Å². The van der Waals surface area contributed by atoms with E-state index in [1.54, 1.807) is 13.3 Å². The van der Waals surface area contributed by atoms with Gasteiger partial charge in [0.2, 0.25) is 5.91 Å². The molecule has 0 unspecified atom stereocenters. The Morgan fingerprint density at radius 2 is 2.09 bits per heavy atom. The Kier molecular flexibility index (Phi) is 7.60. The van der Waals surface area contributed by atoms with Crippen LogP contribution in [0.3, 0.4) is 0 Å². The fraction of sp³-hybridized carbons (Fsp3) is 0.348. The molecule has 0 radical (unpaired) electrons. The molecule has 0 spiro atoms. The number of ether oxygens (including phenoxy) is 1. The molecule has 10 heteroatoms. The minimum Gasteiger partial charge on any atom is -0.497 e. The number of amides is 1. The molecule has 3 aromatic rings. The number of rotatable bonds is 7. The Bertz CT molecular complexity index is 1060. The van der Waals surface area contributed by atoms with E-state index in [2.05, 4.69) is 25.3 Å². The van der Waals surface area contributed by atoms with Gasteiger partial charge >= 0.3 is 0 Å². The van der Waals surface area contributed by atoms with Gasteiger partial charge in [0.15, 0.2) is 0 Å². The van der Waals surface area contributed by atoms with Crippen LogP contribution in [0.2, 0.25) is 0 Å². The normalized spacial score (nSPS) is 13.8. The minimum absolute atomic E-state index is 0.00984. The third-order valence-corrected chi connectivity index (χ3v) is 5.64. The lowest BCUT2D eigenvalue weighted by atomic mass is 9.73. The van der Waals surface area contributed by atoms with E-state index in [1.165, 1.54) is 6.33 Å². The highest BCUT2D eigenvalue weighted by atomic mass is 16.5. The monoisotopic (exact) mass is 453 g/mol. The summed E-state index contributed by atoms with van der Waals surface area (Å²) in [6, 6.07) is 9.72. The minimum atomic E-state index is -0.559. The molecule has 10 nitrogen and oxygen atoms in total. The lowest BCUT2D eigenvalue weighted by Gasteiger charge is -2.49. The lowest BCUT2D eigenvalue weighted by molar-refractivity contribution is -0.132. The predicted molar refractivity (Wildman–Crippen MR) is 120 cm³/mol. The number of carbonyl (C=O) groups is 2. The molecule has 0 aliphatic carbocycles. The maximum atomic E-state index is 13.3. The van der Waals surface area contributed by atoms with Gasteiger partial charge in [0.25, 0.3) is 6.47 Å². The van der Waals surface area contributed by atoms with E-state index in [4.69, 9.17) is 19.2 Å². The highest BCUT2D eigenvalue weighted by molar-refractivity contribution is 5.86. The summed E-state index contributed by atoms with van der Waals surface area (Å²) in [7, 11) is 1.64. The van der Waals surface area contributed by atoms with E-state index in [1.807, 2.05) is 44.2 Å². The molecule has 1 amide bonds. The van der Waals surface area contributed by atoms with Crippen LogP contribution in [0.1, 0.15) is 22.6 Å². The second-order valence-corrected chi connectivity index (χ2v) is 7.82. The van der Waals surface area contributed by atoms with Gasteiger partial charge in [-0.1, -0.05) is 17.3 Å². The third kappa shape index (κ3) is 5.46. The van der Waals surface area contributed by atoms with Crippen LogP contribution in [0.15, 0.2) is 47.4 Å². The number of hydrogen-bond acceptors (Lipinski definition) is 8. The summed E-state index contributed by atoms with van der Waals surface area (Å²) >= 11 is 0. The number of carboxylic acid groups (broad SMARTS) is 1. The molecule has 0 saturated carbocycles. The smallest absolute Gasteiger partial charge is 0.290 e. The fourth-order valence-electron chi connectivity index (χ4n) is 3.94. The topological polar surface area (TPSA) is 131 Å². The van der Waals surface area contributed by atoms with Crippen molar-refractivity contribution in [1.29, 1.82) is 0 Å². The van der Waals surface area contributed by atoms with Crippen molar-refractivity contribution in [2.24, 2.45) is 5.41 Å². The van der Waals surface area contributed by atoms with E-state index < -0.39 is 5.41 Å². The number of aryl methyl sites for hydroxylation is 2. The van der Waals surface area contributed by atoms with Crippen LogP contribution in [0.4, 0.5) is 5.82 Å². The van der Waals surface area contributed by atoms with Crippen molar-refractivity contribution in [3.05, 3.63) is 65.4 Å². The van der Waals surface area contributed by atoms with Crippen LogP contribution in [-0.2, 0) is 22.6 Å². The predicted octanol–water partition coefficient (Wildman–Crippen LogP) is 2.16. The molecule has 4 rings (SSSR count). The molecule has 1 aliphatic rings. The number of anilines is 1. The van der Waals surface area contributed by atoms with Crippen LogP contribution >= 0.6 is 0 Å². The average molecular weight is 453 g/mol. The second kappa shape index (κ2) is 10.6. The Hall–Kier alpha value is -3.95. The molecule has 2 N–H and O–H groups in total. The summed E-state index contributed by atoms with van der Waals surface area (Å²) < 4.78 is 10.6. The maximum Gasteiger partial charge on any atom is 0.290 e. The van der Waals surface area contributed by atoms with Crippen molar-refractivity contribution in [2.45, 2.75) is 26.8 Å². The van der Waals surface area contributed by atoms with E-state index in [-0.39, 0.29) is 12.4 Å². The van der Waals surface area contributed by atoms with E-state index in [0.29, 0.717) is 26.1 Å². The van der Waals surface area contributed by atoms with Crippen molar-refractivity contribution in [1.82, 2.24) is 20.4 Å². The maximum absolute atomic E-state index is 13.3. The van der Waals surface area contributed by atoms with Crippen LogP contribution < -0.4 is 15.0 Å². The summed E-state index contributed by atoms with van der Waals surface area (Å²) in [6.45, 7) is 5.04. The number of nitrogens with zero attached hydrogens (tertiary/aromatic N) is 4. The van der Waals surface area contributed by atoms with Crippen molar-refractivity contribution < 1.29 is 24.0 Å². The fourth-order valence-corrected chi connectivity index (χ4v) is 3.94. The van der Waals surface area contributed by atoms with Crippen molar-refractivity contribution >= 4 is 18.2 Å². The first kappa shape index (κ1) is 23.7. The Labute approximate surface area is 191 Å². The first-order valence-electron chi connectivity index (χ1n) is 10.3. The molecule has 174 valence electrons. The van der Waals surface area contributed by atoms with Crippen LogP contribution in [-0.4, -0.2) is 52.8 Å². The molecular weight excluding hydrogens is 426 g/mol. The molecule has 2 aromatic heterocycles. The largest absolute Gasteiger partial charge is 0.497 e. The zero-order valence-electron chi connectivity index (χ0n) is 18.8. The number of hydrogen-bond donors (Lipinski definition) is 2. The molecule has 1 fully saturated rings. The first-order valence-corrected chi connectivity index (χ1v) is 10.3. The summed E-state index contributed by atoms with van der Waals surface area (Å²) in [5.74, 6) is 2.34. The molecular formula is C23H27N5O5. The first-order chi connectivity index (χ1) is 15.9. The van der Waals surface area contributed by atoms with Gasteiger partial charge < -0.3 is 24.6 Å². The van der Waals surface area contributed by atoms with Crippen LogP contribution in [0.5, 0.6) is 5.75 Å². The number of carbonyl (C=O) groups excluding carboxylic acids is 1. The average Bonchev–Trinajstić information content (AvgIpc) is 3.12. The third-order valence-electron chi connectivity index (χ3n) is 5.64. The molecule has 1 saturated heterocycles. The number of methoxy groups -OCH3 is 1. The standard InChI is InChI=1S/C22H25N5O3.CH2O2/c1-15-19(16(2)30-26-15)11-24-21(28)22(10-17-5-4-6-18(9-17)29-3)12-27(13-22)20-7-8-23-14-25-20;2-1-3/h4-9,14H,10-13H2,1-3H3,(H,24,28);1H,(H,2,3). The van der Waals surface area contributed by atoms with Gasteiger partial charge in [-0.15, -0.1) is 0 Å². The molecule has 1 aromatic carbocycles. The molecule has 1 aliphatic heterocycles. The lowest BCUT2D eigenvalue weighted by Crippen LogP contribution is -2.64. The van der Waals surface area contributed by atoms with Crippen molar-refractivity contribution in [3.63, 3.8) is 0 Å². The van der Waals surface area contributed by atoms with Gasteiger partial charge in [-0.2, -0.15) is 0 Å².